The molecule has 1 saturated heterocycles. The molecule has 154 valence electrons. The highest BCUT2D eigenvalue weighted by Gasteiger charge is 2.18. The molecule has 0 spiro atoms. The van der Waals surface area contributed by atoms with Crippen LogP contribution in [0.15, 0.2) is 18.2 Å². The Kier molecular flexibility index (Phi) is 8.60. The molecule has 2 rings (SSSR count). The van der Waals surface area contributed by atoms with Crippen molar-refractivity contribution >= 4 is 29.6 Å². The molecule has 0 unspecified atom stereocenters. The number of carbonyl (C=O) groups is 2. The highest BCUT2D eigenvalue weighted by atomic mass is 35.5. The average molecular weight is 412 g/mol. The summed E-state index contributed by atoms with van der Waals surface area (Å²) in [7, 11) is 1.52. The number of methoxy groups -OCH3 is 1. The smallest absolute Gasteiger partial charge is 0.331 e. The van der Waals surface area contributed by atoms with E-state index in [0.717, 1.165) is 0 Å². The lowest BCUT2D eigenvalue weighted by Crippen LogP contribution is -2.42. The topological polar surface area (TPSA) is 74.3 Å². The van der Waals surface area contributed by atoms with Crippen LogP contribution in [0.1, 0.15) is 19.4 Å². The number of halogens is 1. The molecule has 8 heteroatoms. The lowest BCUT2D eigenvalue weighted by Gasteiger charge is -2.26. The maximum absolute atomic E-state index is 12.0. The largest absolute Gasteiger partial charge is 0.493 e. The van der Waals surface area contributed by atoms with Gasteiger partial charge in [-0.05, 0) is 29.7 Å². The third-order valence-corrected chi connectivity index (χ3v) is 4.21. The van der Waals surface area contributed by atoms with Crippen molar-refractivity contribution in [2.24, 2.45) is 5.92 Å². The Morgan fingerprint density at radius 3 is 2.64 bits per heavy atom. The lowest BCUT2D eigenvalue weighted by atomic mass is 10.2. The second-order valence-electron chi connectivity index (χ2n) is 6.67. The molecular formula is C20H26ClNO6. The van der Waals surface area contributed by atoms with Crippen LogP contribution >= 0.6 is 11.6 Å². The minimum Gasteiger partial charge on any atom is -0.493 e. The predicted octanol–water partition coefficient (Wildman–Crippen LogP) is 2.80. The number of hydrogen-bond acceptors (Lipinski definition) is 6. The number of benzene rings is 1. The first-order valence-electron chi connectivity index (χ1n) is 9.11. The maximum atomic E-state index is 12.0. The highest BCUT2D eigenvalue weighted by molar-refractivity contribution is 6.32. The minimum absolute atomic E-state index is 0.235. The van der Waals surface area contributed by atoms with Gasteiger partial charge >= 0.3 is 5.97 Å². The molecule has 0 radical (unpaired) electrons. The van der Waals surface area contributed by atoms with Crippen LogP contribution in [0.25, 0.3) is 6.08 Å². The maximum Gasteiger partial charge on any atom is 0.331 e. The Labute approximate surface area is 170 Å². The van der Waals surface area contributed by atoms with Crippen molar-refractivity contribution < 1.29 is 28.5 Å². The van der Waals surface area contributed by atoms with Crippen molar-refractivity contribution in [3.63, 3.8) is 0 Å². The summed E-state index contributed by atoms with van der Waals surface area (Å²) in [5.74, 6) is 0.436. The number of carbonyl (C=O) groups excluding carboxylic acids is 2. The normalized spacial score (nSPS) is 14.4. The Hall–Kier alpha value is -2.25. The van der Waals surface area contributed by atoms with Crippen LogP contribution in [0.5, 0.6) is 11.5 Å². The van der Waals surface area contributed by atoms with E-state index in [1.54, 1.807) is 23.1 Å². The van der Waals surface area contributed by atoms with E-state index in [-0.39, 0.29) is 12.5 Å². The van der Waals surface area contributed by atoms with Gasteiger partial charge in [0.15, 0.2) is 18.1 Å². The number of hydrogen-bond donors (Lipinski definition) is 0. The van der Waals surface area contributed by atoms with Gasteiger partial charge in [0.05, 0.1) is 32.0 Å². The van der Waals surface area contributed by atoms with E-state index >= 15 is 0 Å². The molecule has 7 nitrogen and oxygen atoms in total. The first kappa shape index (κ1) is 22.0. The van der Waals surface area contributed by atoms with E-state index < -0.39 is 5.97 Å². The first-order chi connectivity index (χ1) is 13.4. The number of amides is 1. The fourth-order valence-electron chi connectivity index (χ4n) is 2.48. The minimum atomic E-state index is -0.614. The van der Waals surface area contributed by atoms with Crippen molar-refractivity contribution in [1.29, 1.82) is 0 Å². The molecule has 1 aromatic carbocycles. The molecule has 1 aromatic rings. The van der Waals surface area contributed by atoms with Gasteiger partial charge in [-0.25, -0.2) is 4.79 Å². The first-order valence-corrected chi connectivity index (χ1v) is 9.49. The summed E-state index contributed by atoms with van der Waals surface area (Å²) in [6.07, 6.45) is 2.79. The fourth-order valence-corrected chi connectivity index (χ4v) is 2.75. The van der Waals surface area contributed by atoms with Gasteiger partial charge in [-0.15, -0.1) is 0 Å². The van der Waals surface area contributed by atoms with Crippen molar-refractivity contribution in [3.8, 4) is 11.5 Å². The molecule has 0 aromatic heterocycles. The van der Waals surface area contributed by atoms with Crippen LogP contribution < -0.4 is 9.47 Å². The zero-order chi connectivity index (χ0) is 20.5. The molecule has 1 aliphatic rings. The zero-order valence-electron chi connectivity index (χ0n) is 16.4. The van der Waals surface area contributed by atoms with E-state index in [9.17, 15) is 9.59 Å². The highest BCUT2D eigenvalue weighted by Crippen LogP contribution is 2.37. The zero-order valence-corrected chi connectivity index (χ0v) is 17.2. The van der Waals surface area contributed by atoms with E-state index in [0.29, 0.717) is 60.9 Å². The number of morpholine rings is 1. The van der Waals surface area contributed by atoms with Gasteiger partial charge in [0.25, 0.3) is 5.91 Å². The van der Waals surface area contributed by atoms with Crippen LogP contribution in [0.3, 0.4) is 0 Å². The Morgan fingerprint density at radius 1 is 1.29 bits per heavy atom. The Morgan fingerprint density at radius 2 is 2.00 bits per heavy atom. The second-order valence-corrected chi connectivity index (χ2v) is 7.08. The fraction of sp³-hybridized carbons (Fsp3) is 0.500. The summed E-state index contributed by atoms with van der Waals surface area (Å²) < 4.78 is 21.2. The molecule has 0 N–H and O–H groups in total. The van der Waals surface area contributed by atoms with Gasteiger partial charge in [-0.2, -0.15) is 0 Å². The summed E-state index contributed by atoms with van der Waals surface area (Å²) in [5.41, 5.74) is 0.648. The van der Waals surface area contributed by atoms with E-state index in [2.05, 4.69) is 0 Å². The molecule has 1 aliphatic heterocycles. The summed E-state index contributed by atoms with van der Waals surface area (Å²) in [4.78, 5) is 25.5. The van der Waals surface area contributed by atoms with Crippen LogP contribution in [0.4, 0.5) is 0 Å². The number of ether oxygens (including phenoxy) is 4. The Bertz CT molecular complexity index is 713. The molecule has 0 saturated carbocycles. The summed E-state index contributed by atoms with van der Waals surface area (Å²) >= 11 is 6.29. The van der Waals surface area contributed by atoms with Crippen molar-refractivity contribution in [3.05, 3.63) is 28.8 Å². The number of esters is 1. The van der Waals surface area contributed by atoms with Gasteiger partial charge in [0.1, 0.15) is 0 Å². The van der Waals surface area contributed by atoms with Crippen LogP contribution in [-0.4, -0.2) is 63.4 Å². The standard InChI is InChI=1S/C20H26ClNO6/c1-14(2)12-28-20-16(21)10-15(11-17(20)25-3)4-5-19(24)27-13-18(23)22-6-8-26-9-7-22/h4-5,10-11,14H,6-9,12-13H2,1-3H3/b5-4+. The Balaban J connectivity index is 1.93. The quantitative estimate of drug-likeness (QED) is 0.483. The van der Waals surface area contributed by atoms with Crippen molar-refractivity contribution in [2.45, 2.75) is 13.8 Å². The second kappa shape index (κ2) is 10.9. The molecule has 1 fully saturated rings. The molecule has 1 amide bonds. The lowest BCUT2D eigenvalue weighted by molar-refractivity contribution is -0.150. The van der Waals surface area contributed by atoms with Gasteiger partial charge in [-0.3, -0.25) is 4.79 Å². The summed E-state index contributed by atoms with van der Waals surface area (Å²) in [6, 6.07) is 3.38. The van der Waals surface area contributed by atoms with Crippen molar-refractivity contribution in [1.82, 2.24) is 4.90 Å². The molecular weight excluding hydrogens is 386 g/mol. The molecule has 28 heavy (non-hydrogen) atoms. The van der Waals surface area contributed by atoms with Gasteiger partial charge in [0.2, 0.25) is 0 Å². The number of nitrogens with zero attached hydrogens (tertiary/aromatic N) is 1. The van der Waals surface area contributed by atoms with Gasteiger partial charge < -0.3 is 23.8 Å². The van der Waals surface area contributed by atoms with Crippen molar-refractivity contribution in [2.75, 3.05) is 46.6 Å². The van der Waals surface area contributed by atoms with E-state index in [1.165, 1.54) is 13.2 Å². The number of rotatable bonds is 8. The van der Waals surface area contributed by atoms with E-state index in [4.69, 9.17) is 30.5 Å². The molecule has 0 bridgehead atoms. The summed E-state index contributed by atoms with van der Waals surface area (Å²) in [6.45, 7) is 6.30. The van der Waals surface area contributed by atoms with Crippen LogP contribution in [-0.2, 0) is 19.1 Å². The van der Waals surface area contributed by atoms with E-state index in [1.807, 2.05) is 13.8 Å². The molecule has 0 atom stereocenters. The SMILES string of the molecule is COc1cc(/C=C/C(=O)OCC(=O)N2CCOCC2)cc(Cl)c1OCC(C)C. The molecule has 1 heterocycles. The van der Waals surface area contributed by atoms with Crippen LogP contribution in [0, 0.1) is 5.92 Å². The third-order valence-electron chi connectivity index (χ3n) is 3.93. The summed E-state index contributed by atoms with van der Waals surface area (Å²) in [5, 5.41) is 0.385. The predicted molar refractivity (Wildman–Crippen MR) is 106 cm³/mol. The third kappa shape index (κ3) is 6.73. The van der Waals surface area contributed by atoms with Gasteiger partial charge in [-0.1, -0.05) is 25.4 Å². The monoisotopic (exact) mass is 411 g/mol. The molecule has 0 aliphatic carbocycles. The average Bonchev–Trinajstić information content (AvgIpc) is 2.69. The van der Waals surface area contributed by atoms with Crippen LogP contribution in [0.2, 0.25) is 5.02 Å². The van der Waals surface area contributed by atoms with Gasteiger partial charge in [0, 0.05) is 19.2 Å².